The third kappa shape index (κ3) is 4.31. The predicted molar refractivity (Wildman–Crippen MR) is 92.4 cm³/mol. The average Bonchev–Trinajstić information content (AvgIpc) is 2.93. The minimum atomic E-state index is -0.452. The van der Waals surface area contributed by atoms with Gasteiger partial charge in [0.2, 0.25) is 5.91 Å². The van der Waals surface area contributed by atoms with Crippen LogP contribution in [0.3, 0.4) is 0 Å². The van der Waals surface area contributed by atoms with Crippen molar-refractivity contribution in [2.24, 2.45) is 5.73 Å². The van der Waals surface area contributed by atoms with Gasteiger partial charge >= 0.3 is 0 Å². The lowest BCUT2D eigenvalue weighted by Gasteiger charge is -2.34. The molecule has 0 spiro atoms. The van der Waals surface area contributed by atoms with E-state index in [9.17, 15) is 4.79 Å². The maximum Gasteiger partial charge on any atom is 0.278 e. The zero-order valence-electron chi connectivity index (χ0n) is 13.8. The van der Waals surface area contributed by atoms with Crippen molar-refractivity contribution in [2.45, 2.75) is 32.6 Å². The number of morpholine rings is 1. The monoisotopic (exact) mass is 347 g/mol. The van der Waals surface area contributed by atoms with E-state index in [0.29, 0.717) is 16.5 Å². The SMILES string of the molecule is CC1CN(Cc2cnc(Oc3ccc(C(N)=O)cc3)s2)CC(C)O1. The number of nitrogens with two attached hydrogens (primary N) is 1. The van der Waals surface area contributed by atoms with Crippen molar-refractivity contribution in [2.75, 3.05) is 13.1 Å². The first kappa shape index (κ1) is 16.9. The van der Waals surface area contributed by atoms with Gasteiger partial charge in [0.15, 0.2) is 0 Å². The number of hydrogen-bond donors (Lipinski definition) is 1. The molecule has 2 N–H and O–H groups in total. The molecule has 3 rings (SSSR count). The lowest BCUT2D eigenvalue weighted by molar-refractivity contribution is -0.0702. The van der Waals surface area contributed by atoms with Gasteiger partial charge < -0.3 is 15.2 Å². The summed E-state index contributed by atoms with van der Waals surface area (Å²) >= 11 is 1.53. The van der Waals surface area contributed by atoms with Crippen LogP contribution in [0.2, 0.25) is 0 Å². The molecule has 1 amide bonds. The Morgan fingerprint density at radius 1 is 1.33 bits per heavy atom. The molecule has 6 nitrogen and oxygen atoms in total. The maximum absolute atomic E-state index is 11.1. The normalized spacial score (nSPS) is 21.6. The van der Waals surface area contributed by atoms with Gasteiger partial charge in [0, 0.05) is 36.3 Å². The van der Waals surface area contributed by atoms with Crippen molar-refractivity contribution in [3.63, 3.8) is 0 Å². The first-order valence-electron chi connectivity index (χ1n) is 7.90. The van der Waals surface area contributed by atoms with Gasteiger partial charge in [-0.1, -0.05) is 11.3 Å². The lowest BCUT2D eigenvalue weighted by atomic mass is 10.2. The van der Waals surface area contributed by atoms with Gasteiger partial charge in [-0.3, -0.25) is 9.69 Å². The molecule has 2 aromatic rings. The number of rotatable bonds is 5. The smallest absolute Gasteiger partial charge is 0.278 e. The quantitative estimate of drug-likeness (QED) is 0.900. The molecule has 2 atom stereocenters. The summed E-state index contributed by atoms with van der Waals surface area (Å²) in [7, 11) is 0. The molecule has 2 heterocycles. The van der Waals surface area contributed by atoms with Crippen LogP contribution in [0.15, 0.2) is 30.5 Å². The molecule has 1 saturated heterocycles. The molecule has 1 aliphatic heterocycles. The van der Waals surface area contributed by atoms with Gasteiger partial charge in [-0.15, -0.1) is 0 Å². The van der Waals surface area contributed by atoms with E-state index in [1.807, 2.05) is 6.20 Å². The fraction of sp³-hybridized carbons (Fsp3) is 0.412. The number of carbonyl (C=O) groups excluding carboxylic acids is 1. The van der Waals surface area contributed by atoms with E-state index in [2.05, 4.69) is 23.7 Å². The molecule has 0 bridgehead atoms. The van der Waals surface area contributed by atoms with Crippen LogP contribution in [0.25, 0.3) is 0 Å². The van der Waals surface area contributed by atoms with Crippen LogP contribution in [-0.2, 0) is 11.3 Å². The van der Waals surface area contributed by atoms with Gasteiger partial charge in [-0.2, -0.15) is 0 Å². The van der Waals surface area contributed by atoms with Crippen LogP contribution >= 0.6 is 11.3 Å². The second-order valence-electron chi connectivity index (χ2n) is 6.03. The Kier molecular flexibility index (Phi) is 5.13. The molecule has 128 valence electrons. The summed E-state index contributed by atoms with van der Waals surface area (Å²) in [5.41, 5.74) is 5.68. The first-order chi connectivity index (χ1) is 11.5. The Morgan fingerprint density at radius 2 is 2.00 bits per heavy atom. The van der Waals surface area contributed by atoms with E-state index in [1.165, 1.54) is 11.3 Å². The molecule has 1 fully saturated rings. The molecular formula is C17H21N3O3S. The summed E-state index contributed by atoms with van der Waals surface area (Å²) in [5.74, 6) is 0.182. The fourth-order valence-corrected chi connectivity index (χ4v) is 3.65. The van der Waals surface area contributed by atoms with Crippen molar-refractivity contribution in [1.29, 1.82) is 0 Å². The third-order valence-corrected chi connectivity index (χ3v) is 4.61. The molecule has 1 aromatic carbocycles. The van der Waals surface area contributed by atoms with Crippen LogP contribution in [0, 0.1) is 0 Å². The van der Waals surface area contributed by atoms with Crippen molar-refractivity contribution in [3.8, 4) is 10.9 Å². The standard InChI is InChI=1S/C17H21N3O3S/c1-11-8-20(9-12(2)22-11)10-15-7-19-17(24-15)23-14-5-3-13(4-6-14)16(18)21/h3-7,11-12H,8-10H2,1-2H3,(H2,18,21). The van der Waals surface area contributed by atoms with Crippen LogP contribution in [0.5, 0.6) is 10.9 Å². The summed E-state index contributed by atoms with van der Waals surface area (Å²) in [6.45, 7) is 6.89. The molecule has 24 heavy (non-hydrogen) atoms. The fourth-order valence-electron chi connectivity index (χ4n) is 2.83. The summed E-state index contributed by atoms with van der Waals surface area (Å²) in [4.78, 5) is 18.9. The third-order valence-electron chi connectivity index (χ3n) is 3.75. The number of aromatic nitrogens is 1. The maximum atomic E-state index is 11.1. The molecule has 0 radical (unpaired) electrons. The highest BCUT2D eigenvalue weighted by Crippen LogP contribution is 2.28. The van der Waals surface area contributed by atoms with Crippen LogP contribution in [-0.4, -0.2) is 41.1 Å². The number of amides is 1. The lowest BCUT2D eigenvalue weighted by Crippen LogP contribution is -2.44. The number of carbonyl (C=O) groups is 1. The Hall–Kier alpha value is -1.96. The van der Waals surface area contributed by atoms with E-state index >= 15 is 0 Å². The van der Waals surface area contributed by atoms with Crippen molar-refractivity contribution >= 4 is 17.2 Å². The van der Waals surface area contributed by atoms with Crippen molar-refractivity contribution < 1.29 is 14.3 Å². The number of benzene rings is 1. The minimum absolute atomic E-state index is 0.251. The molecule has 0 saturated carbocycles. The van der Waals surface area contributed by atoms with Crippen LogP contribution < -0.4 is 10.5 Å². The molecule has 0 aliphatic carbocycles. The Bertz CT molecular complexity index is 691. The Labute approximate surface area is 145 Å². The van der Waals surface area contributed by atoms with Gasteiger partial charge in [-0.05, 0) is 38.1 Å². The topological polar surface area (TPSA) is 77.7 Å². The van der Waals surface area contributed by atoms with E-state index in [-0.39, 0.29) is 12.2 Å². The zero-order chi connectivity index (χ0) is 17.1. The highest BCUT2D eigenvalue weighted by molar-refractivity contribution is 7.13. The second kappa shape index (κ2) is 7.29. The molecule has 7 heteroatoms. The van der Waals surface area contributed by atoms with E-state index in [1.54, 1.807) is 24.3 Å². The van der Waals surface area contributed by atoms with Gasteiger partial charge in [0.25, 0.3) is 5.19 Å². The van der Waals surface area contributed by atoms with E-state index in [0.717, 1.165) is 24.5 Å². The summed E-state index contributed by atoms with van der Waals surface area (Å²) < 4.78 is 11.5. The minimum Gasteiger partial charge on any atom is -0.431 e. The summed E-state index contributed by atoms with van der Waals surface area (Å²) in [6.07, 6.45) is 2.35. The number of thiazole rings is 1. The van der Waals surface area contributed by atoms with Gasteiger partial charge in [-0.25, -0.2) is 4.98 Å². The van der Waals surface area contributed by atoms with Crippen LogP contribution in [0.1, 0.15) is 29.1 Å². The zero-order valence-corrected chi connectivity index (χ0v) is 14.6. The van der Waals surface area contributed by atoms with Crippen molar-refractivity contribution in [1.82, 2.24) is 9.88 Å². The number of nitrogens with zero attached hydrogens (tertiary/aromatic N) is 2. The number of primary amides is 1. The van der Waals surface area contributed by atoms with Gasteiger partial charge in [0.05, 0.1) is 12.2 Å². The van der Waals surface area contributed by atoms with Gasteiger partial charge in [0.1, 0.15) is 5.75 Å². The largest absolute Gasteiger partial charge is 0.431 e. The molecule has 2 unspecified atom stereocenters. The Balaban J connectivity index is 1.60. The first-order valence-corrected chi connectivity index (χ1v) is 8.71. The highest BCUT2D eigenvalue weighted by atomic mass is 32.1. The summed E-state index contributed by atoms with van der Waals surface area (Å²) in [6, 6.07) is 6.71. The summed E-state index contributed by atoms with van der Waals surface area (Å²) in [5, 5.41) is 0.589. The van der Waals surface area contributed by atoms with Crippen LogP contribution in [0.4, 0.5) is 0 Å². The average molecular weight is 347 g/mol. The number of hydrogen-bond acceptors (Lipinski definition) is 6. The van der Waals surface area contributed by atoms with Crippen molar-refractivity contribution in [3.05, 3.63) is 40.9 Å². The molecule has 1 aromatic heterocycles. The second-order valence-corrected chi connectivity index (χ2v) is 7.11. The number of ether oxygens (including phenoxy) is 2. The Morgan fingerprint density at radius 3 is 2.62 bits per heavy atom. The molecular weight excluding hydrogens is 326 g/mol. The van der Waals surface area contributed by atoms with E-state index < -0.39 is 5.91 Å². The van der Waals surface area contributed by atoms with E-state index in [4.69, 9.17) is 15.2 Å². The highest BCUT2D eigenvalue weighted by Gasteiger charge is 2.22. The molecule has 1 aliphatic rings. The predicted octanol–water partition coefficient (Wildman–Crippen LogP) is 2.64.